The van der Waals surface area contributed by atoms with Crippen LogP contribution >= 0.6 is 0 Å². The Morgan fingerprint density at radius 3 is 2.39 bits per heavy atom. The van der Waals surface area contributed by atoms with Gasteiger partial charge >= 0.3 is 0 Å². The predicted octanol–water partition coefficient (Wildman–Crippen LogP) is 3.49. The molecule has 104 valence electrons. The molecule has 1 unspecified atom stereocenters. The van der Waals surface area contributed by atoms with E-state index in [2.05, 4.69) is 38.1 Å². The second kappa shape index (κ2) is 7.57. The summed E-state index contributed by atoms with van der Waals surface area (Å²) in [6.07, 6.45) is 6.43. The highest BCUT2D eigenvalue weighted by molar-refractivity contribution is 5.24. The maximum absolute atomic E-state index is 4.47. The number of hydrogen-bond donors (Lipinski definition) is 1. The molecule has 1 heterocycles. The third kappa shape index (κ3) is 4.13. The summed E-state index contributed by atoms with van der Waals surface area (Å²) in [5.74, 6) is 0. The van der Waals surface area contributed by atoms with Crippen LogP contribution in [0.4, 0.5) is 0 Å². The van der Waals surface area contributed by atoms with Crippen molar-refractivity contribution in [2.24, 2.45) is 7.05 Å². The summed E-state index contributed by atoms with van der Waals surface area (Å²) < 4.78 is 1.98. The first kappa shape index (κ1) is 15.2. The van der Waals surface area contributed by atoms with Crippen LogP contribution in [0, 0.1) is 13.8 Å². The number of aromatic nitrogens is 2. The van der Waals surface area contributed by atoms with E-state index in [9.17, 15) is 0 Å². The Bertz CT molecular complexity index is 355. The van der Waals surface area contributed by atoms with Gasteiger partial charge in [0, 0.05) is 30.9 Å². The first-order valence-electron chi connectivity index (χ1n) is 7.32. The number of rotatable bonds is 8. The molecule has 0 amide bonds. The second-order valence-corrected chi connectivity index (χ2v) is 5.28. The van der Waals surface area contributed by atoms with E-state index in [1.54, 1.807) is 0 Å². The van der Waals surface area contributed by atoms with Crippen LogP contribution in [0.2, 0.25) is 0 Å². The minimum absolute atomic E-state index is 0.661. The molecule has 0 aliphatic carbocycles. The molecule has 1 aromatic heterocycles. The highest BCUT2D eigenvalue weighted by Gasteiger charge is 2.12. The SMILES string of the molecule is CCCCC(CCC)NCc1c(C)nn(C)c1C. The van der Waals surface area contributed by atoms with Gasteiger partial charge in [0.05, 0.1) is 5.69 Å². The number of nitrogens with zero attached hydrogens (tertiary/aromatic N) is 2. The molecular weight excluding hydrogens is 222 g/mol. The van der Waals surface area contributed by atoms with Gasteiger partial charge in [-0.1, -0.05) is 33.1 Å². The molecule has 0 saturated carbocycles. The van der Waals surface area contributed by atoms with E-state index >= 15 is 0 Å². The van der Waals surface area contributed by atoms with Crippen LogP contribution in [0.25, 0.3) is 0 Å². The van der Waals surface area contributed by atoms with E-state index in [4.69, 9.17) is 0 Å². The van der Waals surface area contributed by atoms with Crippen molar-refractivity contribution in [1.29, 1.82) is 0 Å². The van der Waals surface area contributed by atoms with Crippen LogP contribution < -0.4 is 5.32 Å². The molecule has 1 N–H and O–H groups in total. The lowest BCUT2D eigenvalue weighted by Gasteiger charge is -2.18. The van der Waals surface area contributed by atoms with Gasteiger partial charge in [0.15, 0.2) is 0 Å². The third-order valence-corrected chi connectivity index (χ3v) is 3.77. The monoisotopic (exact) mass is 251 g/mol. The van der Waals surface area contributed by atoms with Crippen molar-refractivity contribution >= 4 is 0 Å². The van der Waals surface area contributed by atoms with Gasteiger partial charge < -0.3 is 5.32 Å². The van der Waals surface area contributed by atoms with E-state index < -0.39 is 0 Å². The zero-order valence-corrected chi connectivity index (χ0v) is 12.7. The van der Waals surface area contributed by atoms with Gasteiger partial charge in [-0.15, -0.1) is 0 Å². The summed E-state index contributed by atoms with van der Waals surface area (Å²) in [6, 6.07) is 0.661. The Kier molecular flexibility index (Phi) is 6.41. The minimum atomic E-state index is 0.661. The van der Waals surface area contributed by atoms with E-state index in [0.717, 1.165) is 12.2 Å². The van der Waals surface area contributed by atoms with Crippen molar-refractivity contribution < 1.29 is 0 Å². The van der Waals surface area contributed by atoms with Crippen molar-refractivity contribution in [1.82, 2.24) is 15.1 Å². The average molecular weight is 251 g/mol. The van der Waals surface area contributed by atoms with Crippen molar-refractivity contribution in [3.8, 4) is 0 Å². The molecule has 1 rings (SSSR count). The summed E-state index contributed by atoms with van der Waals surface area (Å²) in [5, 5.41) is 8.19. The summed E-state index contributed by atoms with van der Waals surface area (Å²) in [6.45, 7) is 9.74. The van der Waals surface area contributed by atoms with Gasteiger partial charge in [-0.2, -0.15) is 5.10 Å². The zero-order chi connectivity index (χ0) is 13.5. The first-order valence-corrected chi connectivity index (χ1v) is 7.32. The quantitative estimate of drug-likeness (QED) is 0.766. The fourth-order valence-electron chi connectivity index (χ4n) is 2.47. The highest BCUT2D eigenvalue weighted by atomic mass is 15.3. The number of aryl methyl sites for hydroxylation is 2. The number of unbranched alkanes of at least 4 members (excludes halogenated alkanes) is 1. The van der Waals surface area contributed by atoms with Crippen LogP contribution in [0.1, 0.15) is 62.9 Å². The largest absolute Gasteiger partial charge is 0.310 e. The van der Waals surface area contributed by atoms with Crippen molar-refractivity contribution in [3.63, 3.8) is 0 Å². The molecule has 3 heteroatoms. The highest BCUT2D eigenvalue weighted by Crippen LogP contribution is 2.13. The summed E-state index contributed by atoms with van der Waals surface area (Å²) in [4.78, 5) is 0. The molecular formula is C15H29N3. The van der Waals surface area contributed by atoms with E-state index in [-0.39, 0.29) is 0 Å². The summed E-state index contributed by atoms with van der Waals surface area (Å²) >= 11 is 0. The normalized spacial score (nSPS) is 12.9. The van der Waals surface area contributed by atoms with Gasteiger partial charge in [0.25, 0.3) is 0 Å². The Morgan fingerprint density at radius 1 is 1.17 bits per heavy atom. The molecule has 0 aromatic carbocycles. The molecule has 0 fully saturated rings. The van der Waals surface area contributed by atoms with E-state index in [1.165, 1.54) is 43.4 Å². The van der Waals surface area contributed by atoms with Gasteiger partial charge in [0.2, 0.25) is 0 Å². The molecule has 0 saturated heterocycles. The van der Waals surface area contributed by atoms with Gasteiger partial charge in [0.1, 0.15) is 0 Å². The molecule has 1 atom stereocenters. The van der Waals surface area contributed by atoms with Gasteiger partial charge in [-0.25, -0.2) is 0 Å². The van der Waals surface area contributed by atoms with Gasteiger partial charge in [-0.3, -0.25) is 4.68 Å². The Hall–Kier alpha value is -0.830. The fourth-order valence-corrected chi connectivity index (χ4v) is 2.47. The standard InChI is InChI=1S/C15H29N3/c1-6-8-10-14(9-7-2)16-11-15-12(3)17-18(5)13(15)4/h14,16H,6-11H2,1-5H3. The Morgan fingerprint density at radius 2 is 1.89 bits per heavy atom. The van der Waals surface area contributed by atoms with E-state index in [1.807, 2.05) is 11.7 Å². The first-order chi connectivity index (χ1) is 8.60. The summed E-state index contributed by atoms with van der Waals surface area (Å²) in [5.41, 5.74) is 3.81. The van der Waals surface area contributed by atoms with Crippen LogP contribution in [0.3, 0.4) is 0 Å². The van der Waals surface area contributed by atoms with Crippen LogP contribution in [0.15, 0.2) is 0 Å². The molecule has 0 aliphatic heterocycles. The maximum Gasteiger partial charge on any atom is 0.0641 e. The minimum Gasteiger partial charge on any atom is -0.310 e. The molecule has 0 radical (unpaired) electrons. The molecule has 0 bridgehead atoms. The molecule has 1 aromatic rings. The van der Waals surface area contributed by atoms with Crippen LogP contribution in [-0.4, -0.2) is 15.8 Å². The van der Waals surface area contributed by atoms with Crippen LogP contribution in [-0.2, 0) is 13.6 Å². The Labute approximate surface area is 112 Å². The molecule has 18 heavy (non-hydrogen) atoms. The van der Waals surface area contributed by atoms with Crippen molar-refractivity contribution in [2.45, 2.75) is 72.4 Å². The number of nitrogens with one attached hydrogen (secondary N) is 1. The number of hydrogen-bond acceptors (Lipinski definition) is 2. The lowest BCUT2D eigenvalue weighted by Crippen LogP contribution is -2.28. The lowest BCUT2D eigenvalue weighted by atomic mass is 10.0. The average Bonchev–Trinajstić information content (AvgIpc) is 2.58. The Balaban J connectivity index is 2.55. The third-order valence-electron chi connectivity index (χ3n) is 3.77. The zero-order valence-electron chi connectivity index (χ0n) is 12.7. The fraction of sp³-hybridized carbons (Fsp3) is 0.800. The predicted molar refractivity (Wildman–Crippen MR) is 77.7 cm³/mol. The van der Waals surface area contributed by atoms with Crippen LogP contribution in [0.5, 0.6) is 0 Å². The lowest BCUT2D eigenvalue weighted by molar-refractivity contribution is 0.433. The van der Waals surface area contributed by atoms with Crippen molar-refractivity contribution in [2.75, 3.05) is 0 Å². The maximum atomic E-state index is 4.47. The van der Waals surface area contributed by atoms with Crippen molar-refractivity contribution in [3.05, 3.63) is 17.0 Å². The molecule has 0 aliphatic rings. The topological polar surface area (TPSA) is 29.9 Å². The van der Waals surface area contributed by atoms with Gasteiger partial charge in [-0.05, 0) is 26.7 Å². The van der Waals surface area contributed by atoms with E-state index in [0.29, 0.717) is 6.04 Å². The smallest absolute Gasteiger partial charge is 0.0641 e. The molecule has 3 nitrogen and oxygen atoms in total. The summed E-state index contributed by atoms with van der Waals surface area (Å²) in [7, 11) is 2.02. The molecule has 0 spiro atoms. The second-order valence-electron chi connectivity index (χ2n) is 5.28.